The molecular formula is C13H12ClFO2. The molecule has 0 N–H and O–H groups in total. The van der Waals surface area contributed by atoms with E-state index in [-0.39, 0.29) is 5.82 Å². The maximum atomic E-state index is 13.2. The Morgan fingerprint density at radius 1 is 1.29 bits per heavy atom. The number of aryl methyl sites for hydroxylation is 1. The van der Waals surface area contributed by atoms with Crippen LogP contribution in [0.5, 0.6) is 5.75 Å². The summed E-state index contributed by atoms with van der Waals surface area (Å²) < 4.78 is 23.8. The lowest BCUT2D eigenvalue weighted by molar-refractivity contribution is 0.406. The third kappa shape index (κ3) is 2.44. The summed E-state index contributed by atoms with van der Waals surface area (Å²) in [6, 6.07) is 7.83. The molecule has 0 saturated carbocycles. The first kappa shape index (κ1) is 12.0. The number of halogens is 2. The average Bonchev–Trinajstić information content (AvgIpc) is 2.75. The van der Waals surface area contributed by atoms with Crippen molar-refractivity contribution >= 4 is 11.6 Å². The number of alkyl halides is 1. The van der Waals surface area contributed by atoms with Crippen LogP contribution in [0.1, 0.15) is 22.5 Å². The van der Waals surface area contributed by atoms with Gasteiger partial charge in [-0.15, -0.1) is 11.6 Å². The fraction of sp³-hybridized carbons (Fsp3) is 0.231. The fourth-order valence-corrected chi connectivity index (χ4v) is 1.93. The number of rotatable bonds is 3. The zero-order valence-corrected chi connectivity index (χ0v) is 10.3. The van der Waals surface area contributed by atoms with E-state index >= 15 is 0 Å². The maximum Gasteiger partial charge on any atom is 0.126 e. The first-order valence-corrected chi connectivity index (χ1v) is 5.59. The first-order valence-electron chi connectivity index (χ1n) is 5.15. The lowest BCUT2D eigenvalue weighted by Gasteiger charge is -2.12. The van der Waals surface area contributed by atoms with Crippen molar-refractivity contribution < 1.29 is 13.5 Å². The third-order valence-electron chi connectivity index (χ3n) is 2.48. The van der Waals surface area contributed by atoms with Crippen LogP contribution in [0, 0.1) is 12.7 Å². The Morgan fingerprint density at radius 2 is 2.06 bits per heavy atom. The van der Waals surface area contributed by atoms with E-state index in [1.54, 1.807) is 12.1 Å². The largest absolute Gasteiger partial charge is 0.496 e. The Bertz CT molecular complexity index is 522. The topological polar surface area (TPSA) is 22.4 Å². The van der Waals surface area contributed by atoms with Crippen molar-refractivity contribution in [3.05, 3.63) is 53.2 Å². The normalized spacial score (nSPS) is 12.5. The van der Waals surface area contributed by atoms with Gasteiger partial charge in [0, 0.05) is 5.56 Å². The Labute approximate surface area is 104 Å². The van der Waals surface area contributed by atoms with Gasteiger partial charge < -0.3 is 9.15 Å². The molecule has 2 rings (SSSR count). The lowest BCUT2D eigenvalue weighted by Crippen LogP contribution is -1.97. The van der Waals surface area contributed by atoms with Crippen LogP contribution in [0.3, 0.4) is 0 Å². The minimum absolute atomic E-state index is 0.352. The van der Waals surface area contributed by atoms with E-state index < -0.39 is 5.38 Å². The SMILES string of the molecule is COc1ccc(F)cc1C(Cl)c1ccc(C)o1. The molecule has 0 saturated heterocycles. The third-order valence-corrected chi connectivity index (χ3v) is 2.93. The number of benzene rings is 1. The Balaban J connectivity index is 2.42. The molecule has 0 spiro atoms. The molecule has 2 aromatic rings. The monoisotopic (exact) mass is 254 g/mol. The second-order valence-corrected chi connectivity index (χ2v) is 4.13. The van der Waals surface area contributed by atoms with Crippen molar-refractivity contribution in [1.29, 1.82) is 0 Å². The Morgan fingerprint density at radius 3 is 2.65 bits per heavy atom. The van der Waals surface area contributed by atoms with Crippen molar-refractivity contribution in [1.82, 2.24) is 0 Å². The summed E-state index contributed by atoms with van der Waals surface area (Å²) in [7, 11) is 1.52. The standard InChI is InChI=1S/C13H12ClFO2/c1-8-3-5-12(17-8)13(14)10-7-9(15)4-6-11(10)16-2/h3-7,13H,1-2H3. The molecule has 17 heavy (non-hydrogen) atoms. The number of hydrogen-bond acceptors (Lipinski definition) is 2. The highest BCUT2D eigenvalue weighted by Gasteiger charge is 2.19. The fourth-order valence-electron chi connectivity index (χ4n) is 1.65. The molecule has 0 radical (unpaired) electrons. The van der Waals surface area contributed by atoms with E-state index in [4.69, 9.17) is 20.8 Å². The molecular weight excluding hydrogens is 243 g/mol. The van der Waals surface area contributed by atoms with Gasteiger partial charge >= 0.3 is 0 Å². The highest BCUT2D eigenvalue weighted by Crippen LogP contribution is 2.36. The van der Waals surface area contributed by atoms with E-state index in [1.165, 1.54) is 19.2 Å². The van der Waals surface area contributed by atoms with E-state index in [2.05, 4.69) is 0 Å². The van der Waals surface area contributed by atoms with Crippen molar-refractivity contribution in [3.63, 3.8) is 0 Å². The summed E-state index contributed by atoms with van der Waals surface area (Å²) >= 11 is 6.26. The predicted octanol–water partition coefficient (Wildman–Crippen LogP) is 4.06. The molecule has 1 aromatic heterocycles. The first-order chi connectivity index (χ1) is 8.11. The van der Waals surface area contributed by atoms with Gasteiger partial charge in [0.2, 0.25) is 0 Å². The van der Waals surface area contributed by atoms with Gasteiger partial charge in [0.15, 0.2) is 0 Å². The second kappa shape index (κ2) is 4.80. The van der Waals surface area contributed by atoms with Gasteiger partial charge in [0.25, 0.3) is 0 Å². The lowest BCUT2D eigenvalue weighted by atomic mass is 10.1. The predicted molar refractivity (Wildman–Crippen MR) is 64.1 cm³/mol. The molecule has 1 heterocycles. The average molecular weight is 255 g/mol. The van der Waals surface area contributed by atoms with Crippen LogP contribution in [0.15, 0.2) is 34.7 Å². The summed E-state index contributed by atoms with van der Waals surface area (Å²) in [5.41, 5.74) is 0.559. The van der Waals surface area contributed by atoms with Crippen LogP contribution in [0.4, 0.5) is 4.39 Å². The minimum Gasteiger partial charge on any atom is -0.496 e. The molecule has 1 aromatic carbocycles. The van der Waals surface area contributed by atoms with Gasteiger partial charge in [-0.25, -0.2) is 4.39 Å². The highest BCUT2D eigenvalue weighted by atomic mass is 35.5. The number of ether oxygens (including phenoxy) is 1. The van der Waals surface area contributed by atoms with E-state index in [0.717, 1.165) is 5.76 Å². The van der Waals surface area contributed by atoms with Crippen LogP contribution in [0.25, 0.3) is 0 Å². The highest BCUT2D eigenvalue weighted by molar-refractivity contribution is 6.22. The minimum atomic E-state index is -0.561. The van der Waals surface area contributed by atoms with E-state index in [1.807, 2.05) is 13.0 Å². The molecule has 2 nitrogen and oxygen atoms in total. The smallest absolute Gasteiger partial charge is 0.126 e. The molecule has 4 heteroatoms. The number of methoxy groups -OCH3 is 1. The van der Waals surface area contributed by atoms with Gasteiger partial charge in [-0.05, 0) is 37.3 Å². The van der Waals surface area contributed by atoms with E-state index in [0.29, 0.717) is 17.1 Å². The van der Waals surface area contributed by atoms with Crippen molar-refractivity contribution in [2.45, 2.75) is 12.3 Å². The molecule has 1 unspecified atom stereocenters. The van der Waals surface area contributed by atoms with Crippen molar-refractivity contribution in [3.8, 4) is 5.75 Å². The molecule has 0 fully saturated rings. The zero-order chi connectivity index (χ0) is 12.4. The molecule has 0 amide bonds. The quantitative estimate of drug-likeness (QED) is 0.771. The molecule has 0 aliphatic carbocycles. The Kier molecular flexibility index (Phi) is 3.38. The van der Waals surface area contributed by atoms with Crippen molar-refractivity contribution in [2.75, 3.05) is 7.11 Å². The Hall–Kier alpha value is -1.48. The van der Waals surface area contributed by atoms with Gasteiger partial charge in [0.05, 0.1) is 7.11 Å². The van der Waals surface area contributed by atoms with Gasteiger partial charge in [0.1, 0.15) is 28.5 Å². The zero-order valence-electron chi connectivity index (χ0n) is 9.54. The number of hydrogen-bond donors (Lipinski definition) is 0. The van der Waals surface area contributed by atoms with E-state index in [9.17, 15) is 4.39 Å². The van der Waals surface area contributed by atoms with Crippen LogP contribution >= 0.6 is 11.6 Å². The van der Waals surface area contributed by atoms with Gasteiger partial charge in [-0.2, -0.15) is 0 Å². The van der Waals surface area contributed by atoms with Crippen LogP contribution < -0.4 is 4.74 Å². The number of furan rings is 1. The maximum absolute atomic E-state index is 13.2. The molecule has 0 aliphatic heterocycles. The van der Waals surface area contributed by atoms with Crippen LogP contribution in [0.2, 0.25) is 0 Å². The van der Waals surface area contributed by atoms with Crippen LogP contribution in [-0.2, 0) is 0 Å². The summed E-state index contributed by atoms with van der Waals surface area (Å²) in [6.07, 6.45) is 0. The summed E-state index contributed by atoms with van der Waals surface area (Å²) in [4.78, 5) is 0. The summed E-state index contributed by atoms with van der Waals surface area (Å²) in [5, 5.41) is -0.561. The molecule has 0 bridgehead atoms. The summed E-state index contributed by atoms with van der Waals surface area (Å²) in [6.45, 7) is 1.83. The van der Waals surface area contributed by atoms with Crippen molar-refractivity contribution in [2.24, 2.45) is 0 Å². The van der Waals surface area contributed by atoms with Crippen LogP contribution in [-0.4, -0.2) is 7.11 Å². The molecule has 90 valence electrons. The van der Waals surface area contributed by atoms with Gasteiger partial charge in [-0.3, -0.25) is 0 Å². The van der Waals surface area contributed by atoms with Gasteiger partial charge in [-0.1, -0.05) is 0 Å². The molecule has 1 atom stereocenters. The molecule has 0 aliphatic rings. The second-order valence-electron chi connectivity index (χ2n) is 3.70. The summed E-state index contributed by atoms with van der Waals surface area (Å²) in [5.74, 6) is 1.53.